The maximum Gasteiger partial charge on any atom is 0.269 e. The SMILES string of the molecule is CC(C)c1cccc(C(C)C)c1-c1c[n+](-c2cc(C(C)(C)C)cc(C(C)(C)c3ccccc3)c2)[c-]n1-c1cccc(Oc2cc(C(C)(C)C)c3c4ccccc4n(-c4cc(C(C)(C)c5ccccc5)ccn4)c3c2)c1. The van der Waals surface area contributed by atoms with Crippen LogP contribution in [-0.2, 0) is 21.7 Å². The number of fused-ring (bicyclic) bond motifs is 3. The van der Waals surface area contributed by atoms with Crippen LogP contribution in [0.15, 0.2) is 182 Å². The normalized spacial score (nSPS) is 12.6. The maximum absolute atomic E-state index is 7.15. The van der Waals surface area contributed by atoms with Crippen LogP contribution in [0.5, 0.6) is 11.5 Å². The first kappa shape index (κ1) is 51.0. The number of imidazole rings is 1. The second kappa shape index (κ2) is 19.3. The van der Waals surface area contributed by atoms with E-state index in [4.69, 9.17) is 9.72 Å². The molecular formula is C70H74N4O. The van der Waals surface area contributed by atoms with Gasteiger partial charge in [0.15, 0.2) is 0 Å². The summed E-state index contributed by atoms with van der Waals surface area (Å²) in [4.78, 5) is 5.09. The Bertz CT molecular complexity index is 3680. The van der Waals surface area contributed by atoms with Gasteiger partial charge in [-0.3, -0.25) is 13.7 Å². The molecule has 0 spiro atoms. The predicted octanol–water partition coefficient (Wildman–Crippen LogP) is 18.0. The molecule has 5 nitrogen and oxygen atoms in total. The van der Waals surface area contributed by atoms with Crippen molar-refractivity contribution in [2.75, 3.05) is 0 Å². The molecule has 0 saturated heterocycles. The van der Waals surface area contributed by atoms with Gasteiger partial charge in [-0.15, -0.1) is 0 Å². The maximum atomic E-state index is 7.15. The number of benzene rings is 7. The summed E-state index contributed by atoms with van der Waals surface area (Å²) in [5.41, 5.74) is 15.8. The minimum atomic E-state index is -0.242. The van der Waals surface area contributed by atoms with Crippen LogP contribution in [0.2, 0.25) is 0 Å². The Morgan fingerprint density at radius 1 is 0.507 bits per heavy atom. The van der Waals surface area contributed by atoms with Gasteiger partial charge in [0.2, 0.25) is 0 Å². The molecule has 0 aliphatic heterocycles. The number of hydrogen-bond acceptors (Lipinski definition) is 2. The summed E-state index contributed by atoms with van der Waals surface area (Å²) in [5.74, 6) is 2.96. The Kier molecular flexibility index (Phi) is 13.1. The molecule has 10 aromatic rings. The average Bonchev–Trinajstić information content (AvgIpc) is 4.01. The van der Waals surface area contributed by atoms with Gasteiger partial charge in [-0.25, -0.2) is 4.98 Å². The molecule has 0 amide bonds. The van der Waals surface area contributed by atoms with Crippen molar-refractivity contribution < 1.29 is 9.30 Å². The van der Waals surface area contributed by atoms with Crippen molar-refractivity contribution in [2.45, 2.75) is 130 Å². The second-order valence-corrected chi connectivity index (χ2v) is 24.4. The van der Waals surface area contributed by atoms with Crippen molar-refractivity contribution in [1.82, 2.24) is 14.1 Å². The molecule has 0 aliphatic rings. The first-order valence-corrected chi connectivity index (χ1v) is 26.9. The lowest BCUT2D eigenvalue weighted by molar-refractivity contribution is -0.599. The Morgan fingerprint density at radius 2 is 1.11 bits per heavy atom. The third-order valence-electron chi connectivity index (χ3n) is 15.7. The smallest absolute Gasteiger partial charge is 0.269 e. The lowest BCUT2D eigenvalue weighted by Gasteiger charge is -2.30. The van der Waals surface area contributed by atoms with Gasteiger partial charge in [-0.1, -0.05) is 206 Å². The Labute approximate surface area is 446 Å². The largest absolute Gasteiger partial charge is 0.458 e. The number of hydrogen-bond donors (Lipinski definition) is 0. The third-order valence-corrected chi connectivity index (χ3v) is 15.7. The van der Waals surface area contributed by atoms with Crippen LogP contribution in [0, 0.1) is 6.33 Å². The third kappa shape index (κ3) is 9.63. The highest BCUT2D eigenvalue weighted by Gasteiger charge is 2.30. The van der Waals surface area contributed by atoms with Crippen LogP contribution in [0.1, 0.15) is 153 Å². The van der Waals surface area contributed by atoms with E-state index in [0.29, 0.717) is 11.8 Å². The number of nitrogens with zero attached hydrogens (tertiary/aromatic N) is 4. The number of ether oxygens (including phenoxy) is 1. The van der Waals surface area contributed by atoms with Gasteiger partial charge in [0.25, 0.3) is 6.33 Å². The van der Waals surface area contributed by atoms with Crippen LogP contribution >= 0.6 is 0 Å². The quantitative estimate of drug-likeness (QED) is 0.0903. The summed E-state index contributed by atoms with van der Waals surface area (Å²) in [6, 6.07) is 61.7. The summed E-state index contributed by atoms with van der Waals surface area (Å²) < 4.78 is 13.9. The van der Waals surface area contributed by atoms with Gasteiger partial charge in [0, 0.05) is 40.1 Å². The monoisotopic (exact) mass is 987 g/mol. The lowest BCUT2D eigenvalue weighted by atomic mass is 9.75. The molecule has 5 heteroatoms. The van der Waals surface area contributed by atoms with E-state index in [-0.39, 0.29) is 21.7 Å². The van der Waals surface area contributed by atoms with Gasteiger partial charge >= 0.3 is 0 Å². The zero-order valence-electron chi connectivity index (χ0n) is 46.7. The van der Waals surface area contributed by atoms with Crippen LogP contribution in [0.25, 0.3) is 50.3 Å². The molecule has 0 unspecified atom stereocenters. The molecule has 0 saturated carbocycles. The van der Waals surface area contributed by atoms with Crippen LogP contribution < -0.4 is 9.30 Å². The Hall–Kier alpha value is -7.50. The molecule has 75 heavy (non-hydrogen) atoms. The first-order chi connectivity index (χ1) is 35.6. The van der Waals surface area contributed by atoms with Crippen LogP contribution in [-0.4, -0.2) is 14.1 Å². The van der Waals surface area contributed by atoms with Crippen molar-refractivity contribution >= 4 is 21.8 Å². The van der Waals surface area contributed by atoms with E-state index < -0.39 is 0 Å². The van der Waals surface area contributed by atoms with E-state index in [1.165, 1.54) is 60.8 Å². The molecule has 3 aromatic heterocycles. The van der Waals surface area contributed by atoms with Crippen LogP contribution in [0.4, 0.5) is 0 Å². The number of pyridine rings is 1. The summed E-state index contributed by atoms with van der Waals surface area (Å²) in [6.45, 7) is 32.2. The molecule has 0 atom stereocenters. The molecule has 380 valence electrons. The summed E-state index contributed by atoms with van der Waals surface area (Å²) in [5, 5.41) is 2.40. The summed E-state index contributed by atoms with van der Waals surface area (Å²) in [7, 11) is 0. The molecule has 0 N–H and O–H groups in total. The molecular weight excluding hydrogens is 913 g/mol. The lowest BCUT2D eigenvalue weighted by Crippen LogP contribution is -2.31. The Balaban J connectivity index is 1.14. The number of aromatic nitrogens is 4. The molecule has 7 aromatic carbocycles. The van der Waals surface area contributed by atoms with E-state index in [2.05, 4.69) is 293 Å². The Morgan fingerprint density at radius 3 is 1.73 bits per heavy atom. The van der Waals surface area contributed by atoms with Gasteiger partial charge in [-0.05, 0) is 127 Å². The van der Waals surface area contributed by atoms with Crippen molar-refractivity contribution in [2.24, 2.45) is 0 Å². The van der Waals surface area contributed by atoms with Crippen LogP contribution in [0.3, 0.4) is 0 Å². The highest BCUT2D eigenvalue weighted by Crippen LogP contribution is 2.44. The first-order valence-electron chi connectivity index (χ1n) is 26.9. The van der Waals surface area contributed by atoms with Crippen molar-refractivity contribution in [3.63, 3.8) is 0 Å². The fraction of sp³-hybridized carbons (Fsp3) is 0.286. The number of para-hydroxylation sites is 1. The molecule has 0 radical (unpaired) electrons. The van der Waals surface area contributed by atoms with Crippen molar-refractivity contribution in [3.05, 3.63) is 233 Å². The topological polar surface area (TPSA) is 35.9 Å². The van der Waals surface area contributed by atoms with Crippen molar-refractivity contribution in [3.8, 4) is 39.9 Å². The highest BCUT2D eigenvalue weighted by atomic mass is 16.5. The average molecular weight is 987 g/mol. The van der Waals surface area contributed by atoms with Gasteiger partial charge in [0.1, 0.15) is 17.3 Å². The predicted molar refractivity (Wildman–Crippen MR) is 313 cm³/mol. The second-order valence-electron chi connectivity index (χ2n) is 24.4. The fourth-order valence-corrected chi connectivity index (χ4v) is 11.0. The van der Waals surface area contributed by atoms with E-state index in [1.807, 2.05) is 6.20 Å². The van der Waals surface area contributed by atoms with Gasteiger partial charge in [0.05, 0.1) is 28.1 Å². The van der Waals surface area contributed by atoms with Gasteiger partial charge < -0.3 is 4.74 Å². The number of rotatable bonds is 12. The highest BCUT2D eigenvalue weighted by molar-refractivity contribution is 6.11. The summed E-state index contributed by atoms with van der Waals surface area (Å²) in [6.07, 6.45) is 8.18. The summed E-state index contributed by atoms with van der Waals surface area (Å²) >= 11 is 0. The molecule has 3 heterocycles. The van der Waals surface area contributed by atoms with E-state index in [0.717, 1.165) is 45.4 Å². The van der Waals surface area contributed by atoms with E-state index in [1.54, 1.807) is 0 Å². The minimum Gasteiger partial charge on any atom is -0.458 e. The van der Waals surface area contributed by atoms with Crippen molar-refractivity contribution in [1.29, 1.82) is 0 Å². The fourth-order valence-electron chi connectivity index (χ4n) is 11.0. The standard InChI is InChI=1S/C70H74N4O/c1-46(2)57-32-24-33-58(47(3)4)65(57)63-44-72(54-38-51(67(5,6)7)37-52(39-54)70(13,14)49-27-19-16-20-28-49)45-73(63)53-29-23-30-55(41-53)75-56-42-60(68(8,9)10)66-59-31-21-22-34-61(59)74(62(66)43-56)64-40-50(35-36-71-64)69(11,12)48-25-17-15-18-26-48/h15-44,46-47H,1-14H3. The van der Waals surface area contributed by atoms with Gasteiger partial charge in [-0.2, -0.15) is 0 Å². The van der Waals surface area contributed by atoms with E-state index in [9.17, 15) is 0 Å². The molecule has 0 aliphatic carbocycles. The minimum absolute atomic E-state index is 0.0890. The zero-order chi connectivity index (χ0) is 53.2. The molecule has 0 bridgehead atoms. The molecule has 10 rings (SSSR count). The molecule has 0 fully saturated rings. The van der Waals surface area contributed by atoms with E-state index >= 15 is 0 Å². The zero-order valence-corrected chi connectivity index (χ0v) is 46.7.